The van der Waals surface area contributed by atoms with Crippen LogP contribution in [0.3, 0.4) is 0 Å². The summed E-state index contributed by atoms with van der Waals surface area (Å²) in [6, 6.07) is 13.7. The summed E-state index contributed by atoms with van der Waals surface area (Å²) in [4.78, 5) is 4.30. The number of ether oxygens (including phenoxy) is 1. The van der Waals surface area contributed by atoms with Gasteiger partial charge in [-0.3, -0.25) is 0 Å². The summed E-state index contributed by atoms with van der Waals surface area (Å²) in [6.07, 6.45) is -5.63. The number of halogens is 4. The van der Waals surface area contributed by atoms with Gasteiger partial charge in [0.05, 0.1) is 24.9 Å². The highest BCUT2D eigenvalue weighted by Crippen LogP contribution is 2.45. The van der Waals surface area contributed by atoms with Crippen molar-refractivity contribution in [1.82, 2.24) is 4.98 Å². The van der Waals surface area contributed by atoms with Crippen LogP contribution >= 0.6 is 27.3 Å². The molecule has 0 fully saturated rings. The lowest BCUT2D eigenvalue weighted by Gasteiger charge is -2.32. The molecule has 30 heavy (non-hydrogen) atoms. The van der Waals surface area contributed by atoms with Crippen LogP contribution in [0, 0.1) is 0 Å². The number of nitrogens with zero attached hydrogens (tertiary/aromatic N) is 3. The van der Waals surface area contributed by atoms with E-state index in [2.05, 4.69) is 26.0 Å². The first-order chi connectivity index (χ1) is 14.2. The lowest BCUT2D eigenvalue weighted by molar-refractivity contribution is -0.254. The van der Waals surface area contributed by atoms with Crippen LogP contribution in [-0.2, 0) is 0 Å². The van der Waals surface area contributed by atoms with Crippen molar-refractivity contribution in [3.05, 3.63) is 63.9 Å². The molecule has 1 aliphatic heterocycles. The molecule has 0 bridgehead atoms. The van der Waals surface area contributed by atoms with Gasteiger partial charge in [-0.25, -0.2) is 4.98 Å². The van der Waals surface area contributed by atoms with Crippen LogP contribution in [0.2, 0.25) is 0 Å². The maximum atomic E-state index is 13.8. The summed E-state index contributed by atoms with van der Waals surface area (Å²) >= 11 is 4.27. The number of aromatic nitrogens is 1. The van der Waals surface area contributed by atoms with Gasteiger partial charge in [-0.05, 0) is 42.0 Å². The molecule has 10 heteroatoms. The molecule has 1 aromatic heterocycles. The van der Waals surface area contributed by atoms with E-state index in [1.165, 1.54) is 0 Å². The van der Waals surface area contributed by atoms with Gasteiger partial charge in [-0.1, -0.05) is 28.1 Å². The van der Waals surface area contributed by atoms with Crippen LogP contribution in [0.5, 0.6) is 5.75 Å². The number of hydrogen-bond donors (Lipinski definition) is 1. The molecule has 156 valence electrons. The Hall–Kier alpha value is -2.43. The predicted octanol–water partition coefficient (Wildman–Crippen LogP) is 5.45. The monoisotopic (exact) mass is 497 g/mol. The molecule has 1 atom stereocenters. The smallest absolute Gasteiger partial charge is 0.438 e. The first-order valence-corrected chi connectivity index (χ1v) is 10.4. The predicted molar refractivity (Wildman–Crippen MR) is 113 cm³/mol. The fraction of sp³-hybridized carbons (Fsp3) is 0.200. The summed E-state index contributed by atoms with van der Waals surface area (Å²) in [6.45, 7) is 0. The molecule has 0 amide bonds. The Labute approximate surface area is 182 Å². The zero-order valence-corrected chi connectivity index (χ0v) is 17.9. The summed E-state index contributed by atoms with van der Waals surface area (Å²) in [5, 5.41) is 16.9. The van der Waals surface area contributed by atoms with Crippen molar-refractivity contribution >= 4 is 38.1 Å². The van der Waals surface area contributed by atoms with Gasteiger partial charge in [0.2, 0.25) is 5.13 Å². The minimum Gasteiger partial charge on any atom is -0.497 e. The highest BCUT2D eigenvalue weighted by Gasteiger charge is 2.62. The second-order valence-electron chi connectivity index (χ2n) is 6.60. The van der Waals surface area contributed by atoms with E-state index in [9.17, 15) is 18.3 Å². The van der Waals surface area contributed by atoms with Crippen molar-refractivity contribution in [2.45, 2.75) is 18.3 Å². The minimum atomic E-state index is -4.93. The number of rotatable bonds is 4. The van der Waals surface area contributed by atoms with Crippen LogP contribution < -0.4 is 9.75 Å². The van der Waals surface area contributed by atoms with E-state index in [-0.39, 0.29) is 10.8 Å². The molecule has 0 saturated heterocycles. The van der Waals surface area contributed by atoms with Gasteiger partial charge in [0, 0.05) is 15.4 Å². The van der Waals surface area contributed by atoms with Gasteiger partial charge in [0.25, 0.3) is 5.72 Å². The lowest BCUT2D eigenvalue weighted by atomic mass is 10.0. The number of anilines is 1. The van der Waals surface area contributed by atoms with E-state index in [0.29, 0.717) is 27.6 Å². The van der Waals surface area contributed by atoms with Crippen molar-refractivity contribution in [2.75, 3.05) is 12.1 Å². The standard InChI is InChI=1S/C20H15BrF3N3O2S/c1-29-15-8-4-13(5-9-15)17-11-30-18(25-17)27-19(28,20(22,23)24)10-16(26-27)12-2-6-14(21)7-3-12/h2-9,11,28H,10H2,1H3/t19-/m0/s1. The van der Waals surface area contributed by atoms with Crippen molar-refractivity contribution < 1.29 is 23.0 Å². The molecule has 2 heterocycles. The topological polar surface area (TPSA) is 58.0 Å². The highest BCUT2D eigenvalue weighted by molar-refractivity contribution is 9.10. The number of benzene rings is 2. The summed E-state index contributed by atoms with van der Waals surface area (Å²) in [5.74, 6) is 0.656. The van der Waals surface area contributed by atoms with E-state index < -0.39 is 18.3 Å². The zero-order valence-electron chi connectivity index (χ0n) is 15.5. The fourth-order valence-electron chi connectivity index (χ4n) is 3.03. The Bertz CT molecular complexity index is 1080. The Morgan fingerprint density at radius 2 is 1.73 bits per heavy atom. The average molecular weight is 498 g/mol. The van der Waals surface area contributed by atoms with Crippen molar-refractivity contribution in [2.24, 2.45) is 5.10 Å². The van der Waals surface area contributed by atoms with Crippen LogP contribution in [-0.4, -0.2) is 34.8 Å². The first-order valence-electron chi connectivity index (χ1n) is 8.74. The molecule has 2 aromatic carbocycles. The lowest BCUT2D eigenvalue weighted by Crippen LogP contribution is -2.55. The van der Waals surface area contributed by atoms with Gasteiger partial charge in [-0.2, -0.15) is 23.3 Å². The third-order valence-corrected chi connectivity index (χ3v) is 6.02. The average Bonchev–Trinajstić information content (AvgIpc) is 3.33. The summed E-state index contributed by atoms with van der Waals surface area (Å²) in [7, 11) is 1.54. The van der Waals surface area contributed by atoms with E-state index in [1.54, 1.807) is 61.0 Å². The van der Waals surface area contributed by atoms with E-state index in [4.69, 9.17) is 4.74 Å². The van der Waals surface area contributed by atoms with Crippen molar-refractivity contribution in [3.63, 3.8) is 0 Å². The van der Waals surface area contributed by atoms with E-state index in [0.717, 1.165) is 15.8 Å². The maximum Gasteiger partial charge on any atom is 0.438 e. The Kier molecular flexibility index (Phi) is 5.33. The molecule has 0 saturated carbocycles. The number of thiazole rings is 1. The van der Waals surface area contributed by atoms with Crippen molar-refractivity contribution in [1.29, 1.82) is 0 Å². The molecule has 0 unspecified atom stereocenters. The van der Waals surface area contributed by atoms with Crippen LogP contribution in [0.4, 0.5) is 18.3 Å². The first kappa shape index (κ1) is 20.8. The Balaban J connectivity index is 1.72. The normalized spacial score (nSPS) is 19.1. The molecule has 0 spiro atoms. The Morgan fingerprint density at radius 1 is 1.10 bits per heavy atom. The maximum absolute atomic E-state index is 13.8. The molecule has 3 aromatic rings. The number of aliphatic hydroxyl groups is 1. The quantitative estimate of drug-likeness (QED) is 0.520. The molecular formula is C20H15BrF3N3O2S. The number of hydrogen-bond acceptors (Lipinski definition) is 6. The largest absolute Gasteiger partial charge is 0.497 e. The number of hydrazone groups is 1. The van der Waals surface area contributed by atoms with Gasteiger partial charge < -0.3 is 9.84 Å². The minimum absolute atomic E-state index is 0.0484. The number of methoxy groups -OCH3 is 1. The Morgan fingerprint density at radius 3 is 2.33 bits per heavy atom. The van der Waals surface area contributed by atoms with Crippen LogP contribution in [0.1, 0.15) is 12.0 Å². The van der Waals surface area contributed by atoms with Crippen LogP contribution in [0.25, 0.3) is 11.3 Å². The van der Waals surface area contributed by atoms with E-state index in [1.807, 2.05) is 0 Å². The third-order valence-electron chi connectivity index (χ3n) is 4.68. The molecule has 1 aliphatic rings. The molecular weight excluding hydrogens is 483 g/mol. The SMILES string of the molecule is COc1ccc(-c2csc(N3N=C(c4ccc(Br)cc4)C[C@]3(O)C(F)(F)F)n2)cc1. The van der Waals surface area contributed by atoms with Gasteiger partial charge in [0.15, 0.2) is 0 Å². The molecule has 5 nitrogen and oxygen atoms in total. The van der Waals surface area contributed by atoms with Gasteiger partial charge in [-0.15, -0.1) is 11.3 Å². The highest BCUT2D eigenvalue weighted by atomic mass is 79.9. The zero-order chi connectivity index (χ0) is 21.5. The number of alkyl halides is 3. The van der Waals surface area contributed by atoms with Gasteiger partial charge >= 0.3 is 6.18 Å². The van der Waals surface area contributed by atoms with Crippen molar-refractivity contribution in [3.8, 4) is 17.0 Å². The third kappa shape index (κ3) is 3.70. The second-order valence-corrected chi connectivity index (χ2v) is 8.35. The molecule has 4 rings (SSSR count). The van der Waals surface area contributed by atoms with Crippen LogP contribution in [0.15, 0.2) is 63.5 Å². The summed E-state index contributed by atoms with van der Waals surface area (Å²) < 4.78 is 47.4. The second kappa shape index (κ2) is 7.68. The van der Waals surface area contributed by atoms with E-state index >= 15 is 0 Å². The summed E-state index contributed by atoms with van der Waals surface area (Å²) in [5.41, 5.74) is -1.36. The fourth-order valence-corrected chi connectivity index (χ4v) is 4.14. The van der Waals surface area contributed by atoms with Gasteiger partial charge in [0.1, 0.15) is 5.75 Å². The molecule has 0 aliphatic carbocycles. The molecule has 0 radical (unpaired) electrons. The molecule has 1 N–H and O–H groups in total.